The highest BCUT2D eigenvalue weighted by Gasteiger charge is 2.40. The maximum Gasteiger partial charge on any atom is 0.246 e. The van der Waals surface area contributed by atoms with Crippen LogP contribution in [0.5, 0.6) is 0 Å². The van der Waals surface area contributed by atoms with Crippen LogP contribution >= 0.6 is 0 Å². The largest absolute Gasteiger partial charge is 0.377 e. The van der Waals surface area contributed by atoms with E-state index in [1.165, 1.54) is 0 Å². The molecule has 2 fully saturated rings. The normalized spacial score (nSPS) is 26.2. The summed E-state index contributed by atoms with van der Waals surface area (Å²) in [7, 11) is 0. The van der Waals surface area contributed by atoms with E-state index in [1.54, 1.807) is 4.90 Å². The van der Waals surface area contributed by atoms with Gasteiger partial charge in [-0.1, -0.05) is 18.2 Å². The summed E-state index contributed by atoms with van der Waals surface area (Å²) in [5, 5.41) is 0. The van der Waals surface area contributed by atoms with Crippen molar-refractivity contribution < 1.29 is 14.3 Å². The van der Waals surface area contributed by atoms with Gasteiger partial charge in [0.15, 0.2) is 0 Å². The quantitative estimate of drug-likeness (QED) is 0.827. The Labute approximate surface area is 124 Å². The van der Waals surface area contributed by atoms with Gasteiger partial charge >= 0.3 is 0 Å². The molecule has 2 atom stereocenters. The zero-order valence-electron chi connectivity index (χ0n) is 12.2. The third-order valence-corrected chi connectivity index (χ3v) is 4.18. The van der Waals surface area contributed by atoms with E-state index in [2.05, 4.69) is 0 Å². The highest BCUT2D eigenvalue weighted by atomic mass is 16.5. The van der Waals surface area contributed by atoms with Gasteiger partial charge in [0.1, 0.15) is 6.04 Å². The number of nitrogens with zero attached hydrogens (tertiary/aromatic N) is 2. The highest BCUT2D eigenvalue weighted by molar-refractivity contribution is 6.03. The van der Waals surface area contributed by atoms with Crippen LogP contribution in [0.25, 0.3) is 0 Å². The lowest BCUT2D eigenvalue weighted by atomic mass is 10.1. The van der Waals surface area contributed by atoms with Crippen LogP contribution in [0.3, 0.4) is 0 Å². The molecule has 5 nitrogen and oxygen atoms in total. The fraction of sp³-hybridized carbons (Fsp3) is 0.500. The van der Waals surface area contributed by atoms with Gasteiger partial charge in [-0.3, -0.25) is 14.5 Å². The average Bonchev–Trinajstić information content (AvgIpc) is 2.90. The Balaban J connectivity index is 1.83. The molecule has 2 unspecified atom stereocenters. The molecule has 0 aromatic heterocycles. The third kappa shape index (κ3) is 2.65. The predicted molar refractivity (Wildman–Crippen MR) is 78.9 cm³/mol. The highest BCUT2D eigenvalue weighted by Crippen LogP contribution is 2.28. The number of rotatable bonds is 2. The van der Waals surface area contributed by atoms with Crippen molar-refractivity contribution in [1.29, 1.82) is 0 Å². The number of carbonyl (C=O) groups excluding carboxylic acids is 2. The van der Waals surface area contributed by atoms with Crippen molar-refractivity contribution in [3.05, 3.63) is 30.3 Å². The van der Waals surface area contributed by atoms with Crippen LogP contribution in [-0.2, 0) is 14.3 Å². The number of para-hydroxylation sites is 1. The van der Waals surface area contributed by atoms with E-state index in [0.29, 0.717) is 32.6 Å². The van der Waals surface area contributed by atoms with Crippen molar-refractivity contribution in [2.45, 2.75) is 31.8 Å². The van der Waals surface area contributed by atoms with Crippen LogP contribution in [0, 0.1) is 0 Å². The summed E-state index contributed by atoms with van der Waals surface area (Å²) >= 11 is 0. The summed E-state index contributed by atoms with van der Waals surface area (Å²) in [5.74, 6) is 0.0703. The smallest absolute Gasteiger partial charge is 0.246 e. The van der Waals surface area contributed by atoms with Crippen molar-refractivity contribution in [1.82, 2.24) is 4.90 Å². The standard InChI is InChI=1S/C16H20N2O3/c1-12-11-21-10-9-17(12)16(20)14-7-8-15(19)18(14)13-5-3-2-4-6-13/h2-6,12,14H,7-11H2,1H3. The second-order valence-electron chi connectivity index (χ2n) is 5.61. The fourth-order valence-electron chi connectivity index (χ4n) is 3.08. The van der Waals surface area contributed by atoms with E-state index in [0.717, 1.165) is 5.69 Å². The molecule has 112 valence electrons. The molecule has 2 saturated heterocycles. The Bertz CT molecular complexity index is 532. The van der Waals surface area contributed by atoms with Gasteiger partial charge in [0.25, 0.3) is 0 Å². The lowest BCUT2D eigenvalue weighted by molar-refractivity contribution is -0.140. The first-order valence-corrected chi connectivity index (χ1v) is 7.44. The molecular formula is C16H20N2O3. The minimum atomic E-state index is -0.375. The molecular weight excluding hydrogens is 268 g/mol. The maximum absolute atomic E-state index is 12.8. The Kier molecular flexibility index (Phi) is 3.92. The van der Waals surface area contributed by atoms with Crippen LogP contribution < -0.4 is 4.90 Å². The van der Waals surface area contributed by atoms with Gasteiger partial charge in [-0.2, -0.15) is 0 Å². The minimum absolute atomic E-state index is 0.0282. The van der Waals surface area contributed by atoms with Crippen molar-refractivity contribution in [3.63, 3.8) is 0 Å². The first kappa shape index (κ1) is 14.1. The number of hydrogen-bond donors (Lipinski definition) is 0. The number of amides is 2. The molecule has 0 saturated carbocycles. The number of benzene rings is 1. The van der Waals surface area contributed by atoms with Gasteiger partial charge in [-0.25, -0.2) is 0 Å². The Morgan fingerprint density at radius 3 is 2.76 bits per heavy atom. The fourth-order valence-corrected chi connectivity index (χ4v) is 3.08. The Morgan fingerprint density at radius 1 is 1.29 bits per heavy atom. The number of carbonyl (C=O) groups is 2. The minimum Gasteiger partial charge on any atom is -0.377 e. The van der Waals surface area contributed by atoms with Gasteiger partial charge in [0.05, 0.1) is 19.3 Å². The number of hydrogen-bond acceptors (Lipinski definition) is 3. The number of anilines is 1. The molecule has 3 rings (SSSR count). The molecule has 0 spiro atoms. The first-order chi connectivity index (χ1) is 10.2. The van der Waals surface area contributed by atoms with Gasteiger partial charge in [0.2, 0.25) is 11.8 Å². The molecule has 2 aliphatic rings. The monoisotopic (exact) mass is 288 g/mol. The zero-order valence-corrected chi connectivity index (χ0v) is 12.2. The van der Waals surface area contributed by atoms with Crippen LogP contribution in [0.4, 0.5) is 5.69 Å². The molecule has 5 heteroatoms. The lowest BCUT2D eigenvalue weighted by Gasteiger charge is -2.37. The summed E-state index contributed by atoms with van der Waals surface area (Å²) in [5.41, 5.74) is 0.805. The molecule has 0 radical (unpaired) electrons. The number of ether oxygens (including phenoxy) is 1. The Hall–Kier alpha value is -1.88. The molecule has 2 heterocycles. The zero-order chi connectivity index (χ0) is 14.8. The Morgan fingerprint density at radius 2 is 2.05 bits per heavy atom. The van der Waals surface area contributed by atoms with E-state index in [9.17, 15) is 9.59 Å². The molecule has 2 aliphatic heterocycles. The lowest BCUT2D eigenvalue weighted by Crippen LogP contribution is -2.54. The van der Waals surface area contributed by atoms with Crippen molar-refractivity contribution in [2.75, 3.05) is 24.7 Å². The molecule has 1 aromatic rings. The van der Waals surface area contributed by atoms with Crippen molar-refractivity contribution in [3.8, 4) is 0 Å². The predicted octanol–water partition coefficient (Wildman–Crippen LogP) is 1.43. The van der Waals surface area contributed by atoms with Gasteiger partial charge in [-0.05, 0) is 25.5 Å². The van der Waals surface area contributed by atoms with Gasteiger partial charge in [0, 0.05) is 18.7 Å². The van der Waals surface area contributed by atoms with Gasteiger partial charge in [-0.15, -0.1) is 0 Å². The first-order valence-electron chi connectivity index (χ1n) is 7.44. The van der Waals surface area contributed by atoms with Gasteiger partial charge < -0.3 is 9.64 Å². The van der Waals surface area contributed by atoms with Crippen molar-refractivity contribution >= 4 is 17.5 Å². The summed E-state index contributed by atoms with van der Waals surface area (Å²) in [4.78, 5) is 28.5. The molecule has 0 aliphatic carbocycles. The molecule has 1 aromatic carbocycles. The van der Waals surface area contributed by atoms with E-state index < -0.39 is 0 Å². The summed E-state index contributed by atoms with van der Waals surface area (Å²) in [6, 6.07) is 9.14. The summed E-state index contributed by atoms with van der Waals surface area (Å²) in [6.07, 6.45) is 1.03. The van der Waals surface area contributed by atoms with Crippen LogP contribution in [0.1, 0.15) is 19.8 Å². The third-order valence-electron chi connectivity index (χ3n) is 4.18. The summed E-state index contributed by atoms with van der Waals surface area (Å²) in [6.45, 7) is 3.73. The summed E-state index contributed by atoms with van der Waals surface area (Å²) < 4.78 is 5.38. The SMILES string of the molecule is CC1COCCN1C(=O)C1CCC(=O)N1c1ccccc1. The van der Waals surface area contributed by atoms with Crippen LogP contribution in [-0.4, -0.2) is 48.6 Å². The second kappa shape index (κ2) is 5.85. The van der Waals surface area contributed by atoms with E-state index >= 15 is 0 Å². The van der Waals surface area contributed by atoms with Crippen molar-refractivity contribution in [2.24, 2.45) is 0 Å². The maximum atomic E-state index is 12.8. The molecule has 0 N–H and O–H groups in total. The van der Waals surface area contributed by atoms with E-state index in [-0.39, 0.29) is 23.9 Å². The van der Waals surface area contributed by atoms with Crippen LogP contribution in [0.2, 0.25) is 0 Å². The second-order valence-corrected chi connectivity index (χ2v) is 5.61. The molecule has 2 amide bonds. The average molecular weight is 288 g/mol. The number of morpholine rings is 1. The topological polar surface area (TPSA) is 49.9 Å². The molecule has 0 bridgehead atoms. The molecule has 21 heavy (non-hydrogen) atoms. The van der Waals surface area contributed by atoms with Crippen LogP contribution in [0.15, 0.2) is 30.3 Å². The van der Waals surface area contributed by atoms with E-state index in [4.69, 9.17) is 4.74 Å². The van der Waals surface area contributed by atoms with E-state index in [1.807, 2.05) is 42.2 Å².